The molecular formula is C15H18N2O2S. The van der Waals surface area contributed by atoms with Gasteiger partial charge in [-0.3, -0.25) is 4.79 Å². The second kappa shape index (κ2) is 6.43. The van der Waals surface area contributed by atoms with Gasteiger partial charge in [-0.05, 0) is 36.1 Å². The summed E-state index contributed by atoms with van der Waals surface area (Å²) in [5, 5.41) is 5.03. The van der Waals surface area contributed by atoms with Crippen molar-refractivity contribution in [1.29, 1.82) is 0 Å². The van der Waals surface area contributed by atoms with Crippen LogP contribution in [0.15, 0.2) is 35.7 Å². The molecule has 1 heterocycles. The Morgan fingerprint density at radius 2 is 2.25 bits per heavy atom. The minimum absolute atomic E-state index is 0.0332. The van der Waals surface area contributed by atoms with Crippen LogP contribution in [0.2, 0.25) is 0 Å². The molecule has 1 amide bonds. The van der Waals surface area contributed by atoms with Crippen molar-refractivity contribution in [2.75, 3.05) is 12.8 Å². The zero-order valence-corrected chi connectivity index (χ0v) is 12.4. The molecular weight excluding hydrogens is 272 g/mol. The van der Waals surface area contributed by atoms with Gasteiger partial charge in [0.15, 0.2) is 0 Å². The molecule has 4 nitrogen and oxygen atoms in total. The lowest BCUT2D eigenvalue weighted by Gasteiger charge is -2.16. The number of benzene rings is 1. The summed E-state index contributed by atoms with van der Waals surface area (Å²) in [5.74, 6) is 0.450. The Morgan fingerprint density at radius 1 is 1.45 bits per heavy atom. The summed E-state index contributed by atoms with van der Waals surface area (Å²) in [6.45, 7) is 2.05. The van der Waals surface area contributed by atoms with Gasteiger partial charge in [0.2, 0.25) is 0 Å². The number of anilines is 1. The van der Waals surface area contributed by atoms with E-state index in [1.165, 1.54) is 0 Å². The van der Waals surface area contributed by atoms with Crippen molar-refractivity contribution in [3.05, 3.63) is 46.2 Å². The molecule has 0 bridgehead atoms. The van der Waals surface area contributed by atoms with E-state index in [4.69, 9.17) is 10.5 Å². The smallest absolute Gasteiger partial charge is 0.251 e. The fourth-order valence-corrected chi connectivity index (χ4v) is 2.84. The molecule has 2 rings (SSSR count). The fourth-order valence-electron chi connectivity index (χ4n) is 1.98. The van der Waals surface area contributed by atoms with Crippen LogP contribution in [-0.4, -0.2) is 13.0 Å². The molecule has 20 heavy (non-hydrogen) atoms. The molecule has 0 saturated heterocycles. The van der Waals surface area contributed by atoms with Crippen molar-refractivity contribution in [2.24, 2.45) is 0 Å². The summed E-state index contributed by atoms with van der Waals surface area (Å²) in [7, 11) is 1.55. The summed E-state index contributed by atoms with van der Waals surface area (Å²) < 4.78 is 5.09. The molecule has 0 radical (unpaired) electrons. The van der Waals surface area contributed by atoms with E-state index in [0.717, 1.165) is 11.3 Å². The maximum atomic E-state index is 12.3. The third kappa shape index (κ3) is 3.11. The Morgan fingerprint density at radius 3 is 2.80 bits per heavy atom. The van der Waals surface area contributed by atoms with E-state index in [0.29, 0.717) is 17.0 Å². The van der Waals surface area contributed by atoms with E-state index < -0.39 is 0 Å². The Kier molecular flexibility index (Phi) is 4.63. The molecule has 2 aromatic rings. The highest BCUT2D eigenvalue weighted by molar-refractivity contribution is 7.10. The van der Waals surface area contributed by atoms with Crippen molar-refractivity contribution in [2.45, 2.75) is 19.4 Å². The number of ether oxygens (including phenoxy) is 1. The predicted molar refractivity (Wildman–Crippen MR) is 82.2 cm³/mol. The zero-order chi connectivity index (χ0) is 14.5. The minimum atomic E-state index is -0.125. The number of rotatable bonds is 5. The summed E-state index contributed by atoms with van der Waals surface area (Å²) in [4.78, 5) is 13.4. The van der Waals surface area contributed by atoms with E-state index in [2.05, 4.69) is 5.32 Å². The zero-order valence-electron chi connectivity index (χ0n) is 11.6. The second-order valence-corrected chi connectivity index (χ2v) is 5.39. The maximum Gasteiger partial charge on any atom is 0.251 e. The number of nitrogens with two attached hydrogens (primary N) is 1. The minimum Gasteiger partial charge on any atom is -0.495 e. The Bertz CT molecular complexity index is 582. The third-order valence-electron chi connectivity index (χ3n) is 3.09. The van der Waals surface area contributed by atoms with Crippen LogP contribution in [0.25, 0.3) is 0 Å². The molecule has 1 aromatic carbocycles. The Hall–Kier alpha value is -2.01. The monoisotopic (exact) mass is 290 g/mol. The lowest BCUT2D eigenvalue weighted by molar-refractivity contribution is 0.0936. The number of hydrogen-bond donors (Lipinski definition) is 2. The highest BCUT2D eigenvalue weighted by atomic mass is 32.1. The van der Waals surface area contributed by atoms with E-state index in [1.807, 2.05) is 24.4 Å². The number of nitrogen functional groups attached to an aromatic ring is 1. The normalized spacial score (nSPS) is 11.9. The van der Waals surface area contributed by atoms with E-state index in [-0.39, 0.29) is 11.9 Å². The molecule has 1 aromatic heterocycles. The fraction of sp³-hybridized carbons (Fsp3) is 0.267. The maximum absolute atomic E-state index is 12.3. The number of methoxy groups -OCH3 is 1. The predicted octanol–water partition coefficient (Wildman–Crippen LogP) is 3.22. The summed E-state index contributed by atoms with van der Waals surface area (Å²) in [5.41, 5.74) is 6.83. The molecule has 1 atom stereocenters. The van der Waals surface area contributed by atoms with Crippen LogP contribution in [0, 0.1) is 0 Å². The number of nitrogens with one attached hydrogen (secondary N) is 1. The van der Waals surface area contributed by atoms with Crippen molar-refractivity contribution in [3.8, 4) is 5.75 Å². The van der Waals surface area contributed by atoms with Gasteiger partial charge in [-0.2, -0.15) is 0 Å². The highest BCUT2D eigenvalue weighted by Crippen LogP contribution is 2.24. The molecule has 0 spiro atoms. The van der Waals surface area contributed by atoms with Gasteiger partial charge >= 0.3 is 0 Å². The molecule has 0 aliphatic heterocycles. The molecule has 0 saturated carbocycles. The van der Waals surface area contributed by atoms with Crippen LogP contribution in [0.3, 0.4) is 0 Å². The van der Waals surface area contributed by atoms with Gasteiger partial charge in [-0.15, -0.1) is 11.3 Å². The van der Waals surface area contributed by atoms with Gasteiger partial charge < -0.3 is 15.8 Å². The van der Waals surface area contributed by atoms with Crippen LogP contribution < -0.4 is 15.8 Å². The van der Waals surface area contributed by atoms with Gasteiger partial charge in [-0.25, -0.2) is 0 Å². The van der Waals surface area contributed by atoms with Crippen LogP contribution in [0.5, 0.6) is 5.75 Å². The number of carbonyl (C=O) groups excluding carboxylic acids is 1. The van der Waals surface area contributed by atoms with Crippen molar-refractivity contribution in [3.63, 3.8) is 0 Å². The topological polar surface area (TPSA) is 64.3 Å². The van der Waals surface area contributed by atoms with Crippen LogP contribution in [0.1, 0.15) is 34.6 Å². The first-order valence-electron chi connectivity index (χ1n) is 6.43. The molecule has 1 unspecified atom stereocenters. The lowest BCUT2D eigenvalue weighted by Crippen LogP contribution is -2.27. The molecule has 106 valence electrons. The van der Waals surface area contributed by atoms with Gasteiger partial charge in [0.05, 0.1) is 18.8 Å². The van der Waals surface area contributed by atoms with E-state index in [9.17, 15) is 4.79 Å². The number of carbonyl (C=O) groups is 1. The first-order chi connectivity index (χ1) is 9.65. The van der Waals surface area contributed by atoms with Gasteiger partial charge in [-0.1, -0.05) is 13.0 Å². The molecule has 0 aliphatic carbocycles. The van der Waals surface area contributed by atoms with E-state index in [1.54, 1.807) is 36.6 Å². The molecule has 0 aliphatic rings. The Balaban J connectivity index is 2.13. The van der Waals surface area contributed by atoms with Crippen LogP contribution in [-0.2, 0) is 0 Å². The molecule has 3 N–H and O–H groups in total. The van der Waals surface area contributed by atoms with Gasteiger partial charge in [0.25, 0.3) is 5.91 Å². The van der Waals surface area contributed by atoms with Crippen molar-refractivity contribution in [1.82, 2.24) is 5.32 Å². The van der Waals surface area contributed by atoms with Crippen LogP contribution in [0.4, 0.5) is 5.69 Å². The number of amides is 1. The molecule has 0 fully saturated rings. The van der Waals surface area contributed by atoms with Crippen molar-refractivity contribution < 1.29 is 9.53 Å². The average molecular weight is 290 g/mol. The van der Waals surface area contributed by atoms with Crippen molar-refractivity contribution >= 4 is 22.9 Å². The first-order valence-corrected chi connectivity index (χ1v) is 7.31. The summed E-state index contributed by atoms with van der Waals surface area (Å²) >= 11 is 1.64. The Labute approximate surface area is 122 Å². The average Bonchev–Trinajstić information content (AvgIpc) is 2.98. The summed E-state index contributed by atoms with van der Waals surface area (Å²) in [6, 6.07) is 9.10. The van der Waals surface area contributed by atoms with Gasteiger partial charge in [0, 0.05) is 10.4 Å². The largest absolute Gasteiger partial charge is 0.495 e. The third-order valence-corrected chi connectivity index (χ3v) is 4.08. The SMILES string of the molecule is CCC(NC(=O)c1ccc(OC)c(N)c1)c1cccs1. The van der Waals surface area contributed by atoms with E-state index >= 15 is 0 Å². The number of thiophene rings is 1. The quantitative estimate of drug-likeness (QED) is 0.831. The standard InChI is InChI=1S/C15H18N2O2S/c1-3-12(14-5-4-8-20-14)17-15(18)10-6-7-13(19-2)11(16)9-10/h4-9,12H,3,16H2,1-2H3,(H,17,18). The second-order valence-electron chi connectivity index (χ2n) is 4.41. The van der Waals surface area contributed by atoms with Gasteiger partial charge in [0.1, 0.15) is 5.75 Å². The van der Waals surface area contributed by atoms with Crippen LogP contribution >= 0.6 is 11.3 Å². The number of hydrogen-bond acceptors (Lipinski definition) is 4. The lowest BCUT2D eigenvalue weighted by atomic mass is 10.1. The summed E-state index contributed by atoms with van der Waals surface area (Å²) in [6.07, 6.45) is 0.845. The molecule has 5 heteroatoms. The first kappa shape index (κ1) is 14.4. The highest BCUT2D eigenvalue weighted by Gasteiger charge is 2.15.